The first kappa shape index (κ1) is 10.5. The van der Waals surface area contributed by atoms with Gasteiger partial charge in [-0.05, 0) is 15.9 Å². The lowest BCUT2D eigenvalue weighted by atomic mass is 9.95. The van der Waals surface area contributed by atoms with Crippen LogP contribution in [0.5, 0.6) is 0 Å². The highest BCUT2D eigenvalue weighted by Gasteiger charge is 2.19. The van der Waals surface area contributed by atoms with E-state index in [1.807, 2.05) is 13.8 Å². The van der Waals surface area contributed by atoms with Crippen molar-refractivity contribution in [1.29, 1.82) is 0 Å². The Kier molecular flexibility index (Phi) is 2.92. The molecule has 0 aliphatic rings. The van der Waals surface area contributed by atoms with Crippen molar-refractivity contribution in [3.63, 3.8) is 0 Å². The van der Waals surface area contributed by atoms with E-state index in [1.165, 1.54) is 0 Å². The van der Waals surface area contributed by atoms with E-state index in [2.05, 4.69) is 26.0 Å². The molecule has 74 valence electrons. The van der Waals surface area contributed by atoms with Crippen molar-refractivity contribution in [2.75, 3.05) is 12.3 Å². The van der Waals surface area contributed by atoms with Crippen molar-refractivity contribution < 1.29 is 5.11 Å². The number of aromatic nitrogens is 3. The van der Waals surface area contributed by atoms with Gasteiger partial charge < -0.3 is 10.8 Å². The SMILES string of the molecule is CC(C)(CO)Cn1nc(N)nc1Br. The van der Waals surface area contributed by atoms with Crippen LogP contribution in [0.4, 0.5) is 5.95 Å². The van der Waals surface area contributed by atoms with Crippen LogP contribution >= 0.6 is 15.9 Å². The maximum atomic E-state index is 9.04. The Balaban J connectivity index is 2.79. The van der Waals surface area contributed by atoms with Gasteiger partial charge in [0.15, 0.2) is 4.73 Å². The first-order valence-electron chi connectivity index (χ1n) is 3.91. The predicted octanol–water partition coefficient (Wildman–Crippen LogP) is 0.641. The van der Waals surface area contributed by atoms with Gasteiger partial charge in [0, 0.05) is 12.0 Å². The summed E-state index contributed by atoms with van der Waals surface area (Å²) >= 11 is 3.23. The summed E-state index contributed by atoms with van der Waals surface area (Å²) in [7, 11) is 0. The summed E-state index contributed by atoms with van der Waals surface area (Å²) < 4.78 is 2.22. The summed E-state index contributed by atoms with van der Waals surface area (Å²) in [6.45, 7) is 4.56. The van der Waals surface area contributed by atoms with Crippen LogP contribution in [0.15, 0.2) is 4.73 Å². The maximum Gasteiger partial charge on any atom is 0.240 e. The molecule has 1 rings (SSSR count). The molecule has 0 fully saturated rings. The number of aliphatic hydroxyl groups is 1. The molecule has 0 aliphatic heterocycles. The minimum atomic E-state index is -0.220. The van der Waals surface area contributed by atoms with E-state index in [-0.39, 0.29) is 18.0 Å². The average molecular weight is 249 g/mol. The molecule has 1 aromatic heterocycles. The van der Waals surface area contributed by atoms with Gasteiger partial charge in [0.1, 0.15) is 0 Å². The zero-order chi connectivity index (χ0) is 10.1. The third-order valence-electron chi connectivity index (χ3n) is 1.65. The highest BCUT2D eigenvalue weighted by atomic mass is 79.9. The Hall–Kier alpha value is -0.620. The minimum Gasteiger partial charge on any atom is -0.396 e. The molecule has 13 heavy (non-hydrogen) atoms. The second-order valence-corrected chi connectivity index (χ2v) is 4.43. The van der Waals surface area contributed by atoms with E-state index in [4.69, 9.17) is 10.8 Å². The molecule has 0 atom stereocenters. The van der Waals surface area contributed by atoms with Gasteiger partial charge in [-0.2, -0.15) is 4.98 Å². The number of nitrogens with zero attached hydrogens (tertiary/aromatic N) is 3. The normalized spacial score (nSPS) is 12.0. The Morgan fingerprint density at radius 3 is 2.62 bits per heavy atom. The highest BCUT2D eigenvalue weighted by Crippen LogP contribution is 2.19. The molecular weight excluding hydrogens is 236 g/mol. The van der Waals surface area contributed by atoms with Gasteiger partial charge in [-0.3, -0.25) is 0 Å². The number of nitrogens with two attached hydrogens (primary N) is 1. The first-order chi connectivity index (χ1) is 5.94. The molecule has 0 amide bonds. The van der Waals surface area contributed by atoms with Gasteiger partial charge in [0.05, 0.1) is 6.54 Å². The molecular formula is C7H13BrN4O. The lowest BCUT2D eigenvalue weighted by Crippen LogP contribution is -2.24. The molecule has 0 radical (unpaired) electrons. The molecule has 0 aromatic carbocycles. The van der Waals surface area contributed by atoms with E-state index >= 15 is 0 Å². The number of nitrogen functional groups attached to an aromatic ring is 1. The van der Waals surface area contributed by atoms with Gasteiger partial charge >= 0.3 is 0 Å². The molecule has 3 N–H and O–H groups in total. The van der Waals surface area contributed by atoms with Gasteiger partial charge in [0.25, 0.3) is 0 Å². The Labute approximate surface area is 85.1 Å². The van der Waals surface area contributed by atoms with Crippen LogP contribution < -0.4 is 5.73 Å². The van der Waals surface area contributed by atoms with Crippen molar-refractivity contribution in [2.45, 2.75) is 20.4 Å². The summed E-state index contributed by atoms with van der Waals surface area (Å²) in [5, 5.41) is 13.0. The topological polar surface area (TPSA) is 77.0 Å². The van der Waals surface area contributed by atoms with Crippen molar-refractivity contribution in [3.8, 4) is 0 Å². The first-order valence-corrected chi connectivity index (χ1v) is 4.70. The molecule has 6 heteroatoms. The highest BCUT2D eigenvalue weighted by molar-refractivity contribution is 9.10. The number of hydrogen-bond acceptors (Lipinski definition) is 4. The van der Waals surface area contributed by atoms with Crippen LogP contribution in [0.3, 0.4) is 0 Å². The van der Waals surface area contributed by atoms with E-state index in [0.717, 1.165) is 0 Å². The van der Waals surface area contributed by atoms with E-state index in [1.54, 1.807) is 4.68 Å². The summed E-state index contributed by atoms with van der Waals surface area (Å²) in [4.78, 5) is 3.89. The van der Waals surface area contributed by atoms with Crippen LogP contribution in [0, 0.1) is 5.41 Å². The molecule has 0 saturated carbocycles. The summed E-state index contributed by atoms with van der Waals surface area (Å²) in [6, 6.07) is 0. The van der Waals surface area contributed by atoms with Crippen LogP contribution in [0.1, 0.15) is 13.8 Å². The fraction of sp³-hybridized carbons (Fsp3) is 0.714. The monoisotopic (exact) mass is 248 g/mol. The summed E-state index contributed by atoms with van der Waals surface area (Å²) in [6.07, 6.45) is 0. The largest absolute Gasteiger partial charge is 0.396 e. The number of rotatable bonds is 3. The van der Waals surface area contributed by atoms with Crippen molar-refractivity contribution >= 4 is 21.9 Å². The number of hydrogen-bond donors (Lipinski definition) is 2. The summed E-state index contributed by atoms with van der Waals surface area (Å²) in [5.74, 6) is 0.237. The van der Waals surface area contributed by atoms with E-state index in [0.29, 0.717) is 11.3 Å². The van der Waals surface area contributed by atoms with Crippen LogP contribution in [-0.2, 0) is 6.54 Å². The molecule has 0 aliphatic carbocycles. The van der Waals surface area contributed by atoms with Crippen molar-refractivity contribution in [1.82, 2.24) is 14.8 Å². The van der Waals surface area contributed by atoms with Crippen molar-refractivity contribution in [3.05, 3.63) is 4.73 Å². The molecule has 5 nitrogen and oxygen atoms in total. The standard InChI is InChI=1S/C7H13BrN4O/c1-7(2,4-13)3-12-5(8)10-6(9)11-12/h13H,3-4H2,1-2H3,(H2,9,11). The lowest BCUT2D eigenvalue weighted by molar-refractivity contribution is 0.135. The fourth-order valence-corrected chi connectivity index (χ4v) is 1.28. The quantitative estimate of drug-likeness (QED) is 0.824. The molecule has 1 aromatic rings. The fourth-order valence-electron chi connectivity index (χ4n) is 0.896. The Bertz CT molecular complexity index is 297. The van der Waals surface area contributed by atoms with E-state index in [9.17, 15) is 0 Å². The second-order valence-electron chi connectivity index (χ2n) is 3.72. The third-order valence-corrected chi connectivity index (χ3v) is 2.24. The number of anilines is 1. The van der Waals surface area contributed by atoms with E-state index < -0.39 is 0 Å². The second kappa shape index (κ2) is 3.63. The Morgan fingerprint density at radius 1 is 1.62 bits per heavy atom. The van der Waals surface area contributed by atoms with Gasteiger partial charge in [-0.25, -0.2) is 4.68 Å². The average Bonchev–Trinajstić information content (AvgIpc) is 2.30. The summed E-state index contributed by atoms with van der Waals surface area (Å²) in [5.41, 5.74) is 5.18. The molecule has 0 unspecified atom stereocenters. The van der Waals surface area contributed by atoms with Gasteiger partial charge in [0.2, 0.25) is 5.95 Å². The smallest absolute Gasteiger partial charge is 0.240 e. The van der Waals surface area contributed by atoms with Gasteiger partial charge in [-0.1, -0.05) is 13.8 Å². The van der Waals surface area contributed by atoms with Gasteiger partial charge in [-0.15, -0.1) is 5.10 Å². The lowest BCUT2D eigenvalue weighted by Gasteiger charge is -2.21. The molecule has 0 spiro atoms. The minimum absolute atomic E-state index is 0.0964. The van der Waals surface area contributed by atoms with Crippen molar-refractivity contribution in [2.24, 2.45) is 5.41 Å². The number of aliphatic hydroxyl groups excluding tert-OH is 1. The predicted molar refractivity (Wildman–Crippen MR) is 53.0 cm³/mol. The number of halogens is 1. The molecule has 0 bridgehead atoms. The zero-order valence-corrected chi connectivity index (χ0v) is 9.24. The third kappa shape index (κ3) is 2.67. The van der Waals surface area contributed by atoms with Crippen LogP contribution in [0.25, 0.3) is 0 Å². The van der Waals surface area contributed by atoms with Crippen LogP contribution in [0.2, 0.25) is 0 Å². The molecule has 0 saturated heterocycles. The Morgan fingerprint density at radius 2 is 2.23 bits per heavy atom. The van der Waals surface area contributed by atoms with Crippen LogP contribution in [-0.4, -0.2) is 26.5 Å². The molecule has 1 heterocycles. The zero-order valence-electron chi connectivity index (χ0n) is 7.66. The maximum absolute atomic E-state index is 9.04.